The summed E-state index contributed by atoms with van der Waals surface area (Å²) in [7, 11) is 0. The van der Waals surface area contributed by atoms with Gasteiger partial charge >= 0.3 is 0 Å². The molecule has 2 amide bonds. The minimum atomic E-state index is 0.0716. The van der Waals surface area contributed by atoms with Crippen molar-refractivity contribution in [1.82, 2.24) is 9.80 Å². The Hall–Kier alpha value is -1.92. The number of carbonyl (C=O) groups excluding carboxylic acids is 2. The molecular weight excluding hydrogens is 438 g/mol. The number of nitrogens with zero attached hydrogens (tertiary/aromatic N) is 3. The van der Waals surface area contributed by atoms with Gasteiger partial charge in [0.2, 0.25) is 11.8 Å². The topological polar surface area (TPSA) is 53.1 Å². The molecule has 2 heterocycles. The van der Waals surface area contributed by atoms with Gasteiger partial charge in [-0.1, -0.05) is 50.3 Å². The van der Waals surface area contributed by atoms with E-state index < -0.39 is 0 Å². The first-order chi connectivity index (χ1) is 17.1. The van der Waals surface area contributed by atoms with Crippen molar-refractivity contribution in [1.29, 1.82) is 0 Å². The first-order valence-corrected chi connectivity index (χ1v) is 14.1. The molecule has 0 aromatic heterocycles. The molecule has 0 N–H and O–H groups in total. The Bertz CT molecular complexity index is 817. The first kappa shape index (κ1) is 26.2. The third kappa shape index (κ3) is 7.53. The van der Waals surface area contributed by atoms with E-state index in [0.29, 0.717) is 31.5 Å². The Kier molecular flexibility index (Phi) is 10.0. The molecule has 194 valence electrons. The van der Waals surface area contributed by atoms with E-state index in [1.54, 1.807) is 6.92 Å². The van der Waals surface area contributed by atoms with Gasteiger partial charge in [-0.05, 0) is 49.7 Å². The van der Waals surface area contributed by atoms with Gasteiger partial charge in [-0.3, -0.25) is 9.59 Å². The molecule has 6 heteroatoms. The number of benzene rings is 1. The van der Waals surface area contributed by atoms with E-state index in [-0.39, 0.29) is 11.8 Å². The summed E-state index contributed by atoms with van der Waals surface area (Å²) in [6.45, 7) is 7.37. The summed E-state index contributed by atoms with van der Waals surface area (Å²) in [6.07, 6.45) is 12.3. The number of fused-ring (bicyclic) bond motifs is 1. The number of carbonyl (C=O) groups is 2. The van der Waals surface area contributed by atoms with Crippen LogP contribution in [0.5, 0.6) is 0 Å². The van der Waals surface area contributed by atoms with Crippen molar-refractivity contribution in [3.05, 3.63) is 29.8 Å². The summed E-state index contributed by atoms with van der Waals surface area (Å²) in [5.74, 6) is 1.06. The Morgan fingerprint density at radius 2 is 1.60 bits per heavy atom. The fourth-order valence-electron chi connectivity index (χ4n) is 6.24. The van der Waals surface area contributed by atoms with Crippen LogP contribution >= 0.6 is 0 Å². The number of hydrogen-bond donors (Lipinski definition) is 0. The molecule has 1 saturated heterocycles. The SMILES string of the molecule is CC(=O)N1CCCN(C2CCOCC2)CCCN(C(=O)CCC2CCCCC2)Cc2ccccc21. The lowest BCUT2D eigenvalue weighted by Crippen LogP contribution is -2.43. The highest BCUT2D eigenvalue weighted by molar-refractivity contribution is 5.92. The predicted molar refractivity (Wildman–Crippen MR) is 140 cm³/mol. The van der Waals surface area contributed by atoms with Crippen molar-refractivity contribution in [2.24, 2.45) is 5.92 Å². The molecule has 0 radical (unpaired) electrons. The van der Waals surface area contributed by atoms with Gasteiger partial charge in [-0.2, -0.15) is 0 Å². The van der Waals surface area contributed by atoms with Crippen LogP contribution in [0.1, 0.15) is 83.1 Å². The lowest BCUT2D eigenvalue weighted by molar-refractivity contribution is -0.132. The maximum Gasteiger partial charge on any atom is 0.223 e. The van der Waals surface area contributed by atoms with Crippen LogP contribution in [0.25, 0.3) is 0 Å². The van der Waals surface area contributed by atoms with Gasteiger partial charge in [0, 0.05) is 71.0 Å². The molecule has 4 rings (SSSR count). The second-order valence-electron chi connectivity index (χ2n) is 10.7. The van der Waals surface area contributed by atoms with Crippen LogP contribution in [0, 0.1) is 5.92 Å². The zero-order chi connectivity index (χ0) is 24.5. The Labute approximate surface area is 212 Å². The van der Waals surface area contributed by atoms with Crippen molar-refractivity contribution in [2.75, 3.05) is 44.3 Å². The maximum absolute atomic E-state index is 13.5. The highest BCUT2D eigenvalue weighted by Gasteiger charge is 2.25. The number of hydrogen-bond acceptors (Lipinski definition) is 4. The Balaban J connectivity index is 1.51. The van der Waals surface area contributed by atoms with Crippen molar-refractivity contribution in [3.63, 3.8) is 0 Å². The second kappa shape index (κ2) is 13.4. The summed E-state index contributed by atoms with van der Waals surface area (Å²) >= 11 is 0. The van der Waals surface area contributed by atoms with Gasteiger partial charge < -0.3 is 19.4 Å². The zero-order valence-corrected chi connectivity index (χ0v) is 21.8. The van der Waals surface area contributed by atoms with Crippen LogP contribution in [-0.4, -0.2) is 67.0 Å². The monoisotopic (exact) mass is 483 g/mol. The summed E-state index contributed by atoms with van der Waals surface area (Å²) in [6, 6.07) is 8.71. The van der Waals surface area contributed by atoms with E-state index >= 15 is 0 Å². The molecule has 3 aliphatic rings. The van der Waals surface area contributed by atoms with Gasteiger partial charge in [0.25, 0.3) is 0 Å². The van der Waals surface area contributed by atoms with Gasteiger partial charge in [0.15, 0.2) is 0 Å². The van der Waals surface area contributed by atoms with Gasteiger partial charge in [0.05, 0.1) is 0 Å². The molecule has 0 spiro atoms. The normalized spacial score (nSPS) is 22.2. The van der Waals surface area contributed by atoms with Crippen molar-refractivity contribution in [3.8, 4) is 0 Å². The molecule has 6 nitrogen and oxygen atoms in total. The van der Waals surface area contributed by atoms with E-state index in [2.05, 4.69) is 15.9 Å². The van der Waals surface area contributed by atoms with Crippen LogP contribution in [0.4, 0.5) is 5.69 Å². The van der Waals surface area contributed by atoms with E-state index in [1.165, 1.54) is 32.1 Å². The summed E-state index contributed by atoms with van der Waals surface area (Å²) < 4.78 is 5.61. The summed E-state index contributed by atoms with van der Waals surface area (Å²) in [4.78, 5) is 32.7. The molecule has 1 aromatic carbocycles. The lowest BCUT2D eigenvalue weighted by atomic mass is 9.86. The van der Waals surface area contributed by atoms with Crippen LogP contribution in [0.2, 0.25) is 0 Å². The number of anilines is 1. The molecule has 0 bridgehead atoms. The molecule has 1 aromatic rings. The third-order valence-corrected chi connectivity index (χ3v) is 8.28. The average Bonchev–Trinajstić information content (AvgIpc) is 2.88. The van der Waals surface area contributed by atoms with E-state index in [4.69, 9.17) is 4.74 Å². The second-order valence-corrected chi connectivity index (χ2v) is 10.7. The number of rotatable bonds is 4. The predicted octanol–water partition coefficient (Wildman–Crippen LogP) is 5.00. The summed E-state index contributed by atoms with van der Waals surface area (Å²) in [5.41, 5.74) is 2.04. The quantitative estimate of drug-likeness (QED) is 0.605. The molecule has 0 atom stereocenters. The summed E-state index contributed by atoms with van der Waals surface area (Å²) in [5, 5.41) is 0. The van der Waals surface area contributed by atoms with E-state index in [9.17, 15) is 9.59 Å². The van der Waals surface area contributed by atoms with Crippen LogP contribution in [-0.2, 0) is 20.9 Å². The highest BCUT2D eigenvalue weighted by atomic mass is 16.5. The molecule has 0 unspecified atom stereocenters. The van der Waals surface area contributed by atoms with Gasteiger partial charge in [-0.15, -0.1) is 0 Å². The largest absolute Gasteiger partial charge is 0.381 e. The maximum atomic E-state index is 13.5. The fraction of sp³-hybridized carbons (Fsp3) is 0.724. The lowest BCUT2D eigenvalue weighted by Gasteiger charge is -2.36. The van der Waals surface area contributed by atoms with Crippen LogP contribution < -0.4 is 4.90 Å². The molecule has 1 saturated carbocycles. The van der Waals surface area contributed by atoms with Gasteiger partial charge in [-0.25, -0.2) is 0 Å². The standard InChI is InChI=1S/C29H45N3O3/c1-24(33)32-20-8-18-30(27-15-21-35-22-16-27)17-7-19-31(23-26-11-5-6-12-28(26)32)29(34)14-13-25-9-3-2-4-10-25/h5-6,11-12,25,27H,2-4,7-10,13-23H2,1H3. The number of ether oxygens (including phenoxy) is 1. The molecule has 1 aliphatic carbocycles. The minimum absolute atomic E-state index is 0.0716. The van der Waals surface area contributed by atoms with Crippen LogP contribution in [0.3, 0.4) is 0 Å². The third-order valence-electron chi connectivity index (χ3n) is 8.28. The highest BCUT2D eigenvalue weighted by Crippen LogP contribution is 2.29. The Morgan fingerprint density at radius 1 is 0.886 bits per heavy atom. The molecule has 2 fully saturated rings. The zero-order valence-electron chi connectivity index (χ0n) is 21.8. The van der Waals surface area contributed by atoms with Crippen molar-refractivity contribution in [2.45, 2.75) is 90.1 Å². The van der Waals surface area contributed by atoms with E-state index in [1.807, 2.05) is 23.1 Å². The smallest absolute Gasteiger partial charge is 0.223 e. The molecule has 2 aliphatic heterocycles. The Morgan fingerprint density at radius 3 is 2.34 bits per heavy atom. The molecule has 35 heavy (non-hydrogen) atoms. The molecular formula is C29H45N3O3. The number of amides is 2. The van der Waals surface area contributed by atoms with Crippen molar-refractivity contribution < 1.29 is 14.3 Å². The fourth-order valence-corrected chi connectivity index (χ4v) is 6.24. The van der Waals surface area contributed by atoms with E-state index in [0.717, 1.165) is 76.2 Å². The van der Waals surface area contributed by atoms with Gasteiger partial charge in [0.1, 0.15) is 0 Å². The minimum Gasteiger partial charge on any atom is -0.381 e. The van der Waals surface area contributed by atoms with Crippen LogP contribution in [0.15, 0.2) is 24.3 Å². The number of para-hydroxylation sites is 1. The van der Waals surface area contributed by atoms with Crippen molar-refractivity contribution >= 4 is 17.5 Å². The average molecular weight is 484 g/mol. The first-order valence-electron chi connectivity index (χ1n) is 14.1.